The Labute approximate surface area is 147 Å². The van der Waals surface area contributed by atoms with Crippen LogP contribution in [0.25, 0.3) is 10.9 Å². The lowest BCUT2D eigenvalue weighted by atomic mass is 9.96. The van der Waals surface area contributed by atoms with Gasteiger partial charge in [-0.05, 0) is 51.8 Å². The van der Waals surface area contributed by atoms with E-state index in [1.54, 1.807) is 24.4 Å². The van der Waals surface area contributed by atoms with Crippen molar-refractivity contribution in [1.82, 2.24) is 14.1 Å². The van der Waals surface area contributed by atoms with E-state index in [9.17, 15) is 18.3 Å². The number of piperidine rings is 1. The monoisotopic (exact) mass is 365 g/mol. The van der Waals surface area contributed by atoms with E-state index < -0.39 is 21.9 Å². The Balaban J connectivity index is 1.99. The number of carboxylic acid groups (broad SMARTS) is 1. The van der Waals surface area contributed by atoms with Crippen molar-refractivity contribution in [2.45, 2.75) is 50.6 Å². The highest BCUT2D eigenvalue weighted by Gasteiger charge is 2.37. The SMILES string of the molecule is CC1CCC(C(=O)O)CN1S(=O)(=O)c1ccc2c(cnn2C(C)C)c1. The standard InChI is InChI=1S/C17H23N3O4S/c1-11(2)20-16-7-6-15(8-14(16)9-18-20)25(23,24)19-10-13(17(21)22)5-4-12(19)3/h6-9,11-13H,4-5,10H2,1-3H3,(H,21,22). The summed E-state index contributed by atoms with van der Waals surface area (Å²) in [6.45, 7) is 5.87. The van der Waals surface area contributed by atoms with Crippen LogP contribution in [-0.4, -0.2) is 46.2 Å². The third-order valence-corrected chi connectivity index (χ3v) is 6.81. The molecule has 0 spiro atoms. The Kier molecular flexibility index (Phi) is 4.59. The molecule has 1 aliphatic rings. The summed E-state index contributed by atoms with van der Waals surface area (Å²) >= 11 is 0. The Morgan fingerprint density at radius 3 is 2.68 bits per heavy atom. The van der Waals surface area contributed by atoms with Gasteiger partial charge < -0.3 is 5.11 Å². The minimum absolute atomic E-state index is 0.0160. The van der Waals surface area contributed by atoms with Crippen LogP contribution >= 0.6 is 0 Å². The Bertz CT molecular complexity index is 904. The first-order chi connectivity index (χ1) is 11.7. The van der Waals surface area contributed by atoms with Crippen LogP contribution < -0.4 is 0 Å². The van der Waals surface area contributed by atoms with Crippen LogP contribution in [-0.2, 0) is 14.8 Å². The third-order valence-electron chi connectivity index (χ3n) is 4.84. The van der Waals surface area contributed by atoms with Gasteiger partial charge in [-0.2, -0.15) is 9.40 Å². The lowest BCUT2D eigenvalue weighted by Crippen LogP contribution is -2.47. The average Bonchev–Trinajstić information content (AvgIpc) is 2.98. The fourth-order valence-electron chi connectivity index (χ4n) is 3.35. The second-order valence-electron chi connectivity index (χ2n) is 6.94. The van der Waals surface area contributed by atoms with Crippen molar-refractivity contribution < 1.29 is 18.3 Å². The van der Waals surface area contributed by atoms with E-state index in [1.165, 1.54) is 4.31 Å². The summed E-state index contributed by atoms with van der Waals surface area (Å²) in [6.07, 6.45) is 2.71. The molecule has 1 aliphatic heterocycles. The van der Waals surface area contributed by atoms with Gasteiger partial charge in [0.2, 0.25) is 10.0 Å². The number of sulfonamides is 1. The first-order valence-electron chi connectivity index (χ1n) is 8.43. The van der Waals surface area contributed by atoms with Crippen LogP contribution in [0.2, 0.25) is 0 Å². The van der Waals surface area contributed by atoms with E-state index in [2.05, 4.69) is 5.10 Å². The number of carbonyl (C=O) groups is 1. The molecule has 136 valence electrons. The molecule has 8 heteroatoms. The van der Waals surface area contributed by atoms with Crippen LogP contribution in [0.5, 0.6) is 0 Å². The highest BCUT2D eigenvalue weighted by Crippen LogP contribution is 2.30. The molecule has 1 fully saturated rings. The zero-order chi connectivity index (χ0) is 18.4. The van der Waals surface area contributed by atoms with E-state index in [1.807, 2.05) is 25.5 Å². The highest BCUT2D eigenvalue weighted by atomic mass is 32.2. The molecule has 0 radical (unpaired) electrons. The molecule has 1 aromatic carbocycles. The number of nitrogens with zero attached hydrogens (tertiary/aromatic N) is 3. The van der Waals surface area contributed by atoms with Crippen molar-refractivity contribution >= 4 is 26.9 Å². The molecule has 0 bridgehead atoms. The van der Waals surface area contributed by atoms with Crippen molar-refractivity contribution in [1.29, 1.82) is 0 Å². The number of aromatic nitrogens is 2. The Morgan fingerprint density at radius 2 is 2.04 bits per heavy atom. The van der Waals surface area contributed by atoms with Gasteiger partial charge in [0.05, 0.1) is 22.5 Å². The number of aliphatic carboxylic acids is 1. The molecule has 0 saturated carbocycles. The van der Waals surface area contributed by atoms with E-state index in [-0.39, 0.29) is 23.5 Å². The Hall–Kier alpha value is -1.93. The number of fused-ring (bicyclic) bond motifs is 1. The maximum Gasteiger partial charge on any atom is 0.307 e. The number of hydrogen-bond acceptors (Lipinski definition) is 4. The van der Waals surface area contributed by atoms with E-state index in [0.29, 0.717) is 12.8 Å². The van der Waals surface area contributed by atoms with Crippen molar-refractivity contribution in [3.05, 3.63) is 24.4 Å². The van der Waals surface area contributed by atoms with Crippen LogP contribution in [0.1, 0.15) is 39.7 Å². The van der Waals surface area contributed by atoms with Crippen LogP contribution in [0, 0.1) is 5.92 Å². The van der Waals surface area contributed by atoms with Crippen molar-refractivity contribution in [2.24, 2.45) is 5.92 Å². The summed E-state index contributed by atoms with van der Waals surface area (Å²) in [4.78, 5) is 11.5. The topological polar surface area (TPSA) is 92.5 Å². The molecule has 1 N–H and O–H groups in total. The van der Waals surface area contributed by atoms with Gasteiger partial charge in [0.1, 0.15) is 0 Å². The molecule has 0 aliphatic carbocycles. The number of rotatable bonds is 4. The fraction of sp³-hybridized carbons (Fsp3) is 0.529. The van der Waals surface area contributed by atoms with E-state index >= 15 is 0 Å². The third kappa shape index (κ3) is 3.16. The highest BCUT2D eigenvalue weighted by molar-refractivity contribution is 7.89. The molecular formula is C17H23N3O4S. The van der Waals surface area contributed by atoms with Crippen LogP contribution in [0.4, 0.5) is 0 Å². The Morgan fingerprint density at radius 1 is 1.32 bits per heavy atom. The fourth-order valence-corrected chi connectivity index (χ4v) is 5.09. The zero-order valence-electron chi connectivity index (χ0n) is 14.6. The molecule has 1 aromatic heterocycles. The minimum Gasteiger partial charge on any atom is -0.481 e. The molecule has 2 atom stereocenters. The second kappa shape index (κ2) is 6.42. The van der Waals surface area contributed by atoms with Gasteiger partial charge in [0, 0.05) is 24.0 Å². The predicted octanol–water partition coefficient (Wildman–Crippen LogP) is 2.49. The van der Waals surface area contributed by atoms with Gasteiger partial charge in [-0.1, -0.05) is 0 Å². The molecule has 25 heavy (non-hydrogen) atoms. The first kappa shape index (κ1) is 17.9. The molecule has 0 amide bonds. The number of hydrogen-bond donors (Lipinski definition) is 1. The normalized spacial score (nSPS) is 22.6. The molecule has 7 nitrogen and oxygen atoms in total. The molecule has 2 heterocycles. The molecule has 2 unspecified atom stereocenters. The van der Waals surface area contributed by atoms with Gasteiger partial charge in [-0.15, -0.1) is 0 Å². The van der Waals surface area contributed by atoms with E-state index in [4.69, 9.17) is 0 Å². The van der Waals surface area contributed by atoms with E-state index in [0.717, 1.165) is 10.9 Å². The molecular weight excluding hydrogens is 342 g/mol. The number of carboxylic acids is 1. The maximum absolute atomic E-state index is 13.1. The largest absolute Gasteiger partial charge is 0.481 e. The summed E-state index contributed by atoms with van der Waals surface area (Å²) < 4.78 is 29.3. The van der Waals surface area contributed by atoms with Gasteiger partial charge in [0.25, 0.3) is 0 Å². The summed E-state index contributed by atoms with van der Waals surface area (Å²) in [7, 11) is -3.75. The van der Waals surface area contributed by atoms with Crippen molar-refractivity contribution in [3.63, 3.8) is 0 Å². The van der Waals surface area contributed by atoms with Gasteiger partial charge >= 0.3 is 5.97 Å². The smallest absolute Gasteiger partial charge is 0.307 e. The molecule has 2 aromatic rings. The average molecular weight is 365 g/mol. The molecule has 1 saturated heterocycles. The quantitative estimate of drug-likeness (QED) is 0.898. The first-order valence-corrected chi connectivity index (χ1v) is 9.87. The number of benzene rings is 1. The molecule has 3 rings (SSSR count). The van der Waals surface area contributed by atoms with Gasteiger partial charge in [0.15, 0.2) is 0 Å². The van der Waals surface area contributed by atoms with Gasteiger partial charge in [-0.25, -0.2) is 8.42 Å². The summed E-state index contributed by atoms with van der Waals surface area (Å²) in [5, 5.41) is 14.3. The van der Waals surface area contributed by atoms with Crippen molar-refractivity contribution in [3.8, 4) is 0 Å². The van der Waals surface area contributed by atoms with Crippen molar-refractivity contribution in [2.75, 3.05) is 6.54 Å². The minimum atomic E-state index is -3.75. The summed E-state index contributed by atoms with van der Waals surface area (Å²) in [5.41, 5.74) is 0.879. The van der Waals surface area contributed by atoms with Crippen LogP contribution in [0.3, 0.4) is 0 Å². The summed E-state index contributed by atoms with van der Waals surface area (Å²) in [5.74, 6) is -1.60. The zero-order valence-corrected chi connectivity index (χ0v) is 15.4. The summed E-state index contributed by atoms with van der Waals surface area (Å²) in [6, 6.07) is 4.93. The van der Waals surface area contributed by atoms with Gasteiger partial charge in [-0.3, -0.25) is 9.48 Å². The lowest BCUT2D eigenvalue weighted by Gasteiger charge is -2.35. The van der Waals surface area contributed by atoms with Crippen LogP contribution in [0.15, 0.2) is 29.3 Å². The predicted molar refractivity (Wildman–Crippen MR) is 93.8 cm³/mol. The lowest BCUT2D eigenvalue weighted by molar-refractivity contribution is -0.143. The maximum atomic E-state index is 13.1. The second-order valence-corrected chi connectivity index (χ2v) is 8.83.